The summed E-state index contributed by atoms with van der Waals surface area (Å²) in [5.41, 5.74) is 1.05. The number of carbonyl (C=O) groups is 1. The van der Waals surface area contributed by atoms with E-state index in [1.807, 2.05) is 18.2 Å². The van der Waals surface area contributed by atoms with Crippen LogP contribution < -0.4 is 9.47 Å². The highest BCUT2D eigenvalue weighted by molar-refractivity contribution is 6.10. The van der Waals surface area contributed by atoms with Gasteiger partial charge in [0.2, 0.25) is 0 Å². The summed E-state index contributed by atoms with van der Waals surface area (Å²) in [6, 6.07) is 14.2. The van der Waals surface area contributed by atoms with Crippen LogP contribution in [0.2, 0.25) is 0 Å². The van der Waals surface area contributed by atoms with E-state index in [1.165, 1.54) is 7.11 Å². The molecule has 0 bridgehead atoms. The molecular formula is C16H16O4. The van der Waals surface area contributed by atoms with Crippen molar-refractivity contribution in [2.75, 3.05) is 21.0 Å². The molecule has 0 fully saturated rings. The van der Waals surface area contributed by atoms with Crippen LogP contribution in [-0.2, 0) is 4.74 Å². The Labute approximate surface area is 117 Å². The van der Waals surface area contributed by atoms with Gasteiger partial charge in [-0.1, -0.05) is 30.3 Å². The molecule has 4 heteroatoms. The predicted octanol–water partition coefficient (Wildman–Crippen LogP) is 2.91. The van der Waals surface area contributed by atoms with Crippen molar-refractivity contribution in [1.29, 1.82) is 0 Å². The summed E-state index contributed by atoms with van der Waals surface area (Å²) in [4.78, 5) is 12.5. The van der Waals surface area contributed by atoms with E-state index >= 15 is 0 Å². The van der Waals surface area contributed by atoms with Crippen LogP contribution in [0.5, 0.6) is 11.5 Å². The minimum atomic E-state index is -0.115. The first-order valence-electron chi connectivity index (χ1n) is 6.15. The highest BCUT2D eigenvalue weighted by atomic mass is 16.7. The summed E-state index contributed by atoms with van der Waals surface area (Å²) in [5.74, 6) is 0.964. The molecule has 2 aromatic carbocycles. The Morgan fingerprint density at radius 3 is 2.45 bits per heavy atom. The molecule has 0 radical (unpaired) electrons. The van der Waals surface area contributed by atoms with Gasteiger partial charge in [-0.25, -0.2) is 0 Å². The molecule has 0 aliphatic rings. The van der Waals surface area contributed by atoms with Gasteiger partial charge in [0.15, 0.2) is 12.6 Å². The van der Waals surface area contributed by atoms with Gasteiger partial charge in [-0.05, 0) is 18.2 Å². The monoisotopic (exact) mass is 272 g/mol. The number of hydrogen-bond donors (Lipinski definition) is 0. The smallest absolute Gasteiger partial charge is 0.196 e. The van der Waals surface area contributed by atoms with E-state index in [9.17, 15) is 4.79 Å². The number of hydrogen-bond acceptors (Lipinski definition) is 4. The average Bonchev–Trinajstić information content (AvgIpc) is 2.53. The predicted molar refractivity (Wildman–Crippen MR) is 75.4 cm³/mol. The standard InChI is InChI=1S/C16H16O4/c1-18-11-20-15-9-8-13(19-2)10-14(15)16(17)12-6-4-3-5-7-12/h3-10H,11H2,1-2H3. The molecule has 0 heterocycles. The minimum Gasteiger partial charge on any atom is -0.497 e. The van der Waals surface area contributed by atoms with Crippen molar-refractivity contribution in [3.63, 3.8) is 0 Å². The Balaban J connectivity index is 2.39. The SMILES string of the molecule is COCOc1ccc(OC)cc1C(=O)c1ccccc1. The Hall–Kier alpha value is -2.33. The fourth-order valence-electron chi connectivity index (χ4n) is 1.81. The molecule has 20 heavy (non-hydrogen) atoms. The summed E-state index contributed by atoms with van der Waals surface area (Å²) in [7, 11) is 3.09. The van der Waals surface area contributed by atoms with Gasteiger partial charge in [-0.15, -0.1) is 0 Å². The second-order valence-corrected chi connectivity index (χ2v) is 4.11. The number of carbonyl (C=O) groups excluding carboxylic acids is 1. The zero-order valence-corrected chi connectivity index (χ0v) is 11.5. The van der Waals surface area contributed by atoms with E-state index in [4.69, 9.17) is 14.2 Å². The van der Waals surface area contributed by atoms with Gasteiger partial charge in [0.05, 0.1) is 12.7 Å². The summed E-state index contributed by atoms with van der Waals surface area (Å²) in [6.45, 7) is 0.0847. The van der Waals surface area contributed by atoms with Gasteiger partial charge in [0, 0.05) is 12.7 Å². The molecule has 104 valence electrons. The largest absolute Gasteiger partial charge is 0.497 e. The van der Waals surface area contributed by atoms with E-state index in [2.05, 4.69) is 0 Å². The molecule has 0 atom stereocenters. The van der Waals surface area contributed by atoms with Crippen LogP contribution in [-0.4, -0.2) is 26.8 Å². The second kappa shape index (κ2) is 6.73. The normalized spacial score (nSPS) is 10.1. The third-order valence-corrected chi connectivity index (χ3v) is 2.80. The van der Waals surface area contributed by atoms with Crippen LogP contribution in [0.1, 0.15) is 15.9 Å². The van der Waals surface area contributed by atoms with Crippen molar-refractivity contribution >= 4 is 5.78 Å². The molecule has 0 aliphatic carbocycles. The van der Waals surface area contributed by atoms with E-state index in [0.29, 0.717) is 22.6 Å². The Bertz CT molecular complexity index is 578. The lowest BCUT2D eigenvalue weighted by molar-refractivity contribution is 0.0503. The molecule has 0 saturated heterocycles. The Morgan fingerprint density at radius 2 is 1.80 bits per heavy atom. The Morgan fingerprint density at radius 1 is 1.05 bits per heavy atom. The van der Waals surface area contributed by atoms with Crippen molar-refractivity contribution in [3.8, 4) is 11.5 Å². The van der Waals surface area contributed by atoms with Gasteiger partial charge < -0.3 is 14.2 Å². The maximum Gasteiger partial charge on any atom is 0.196 e. The molecule has 2 rings (SSSR count). The average molecular weight is 272 g/mol. The molecule has 4 nitrogen and oxygen atoms in total. The fraction of sp³-hybridized carbons (Fsp3) is 0.188. The van der Waals surface area contributed by atoms with Crippen LogP contribution in [0.25, 0.3) is 0 Å². The first-order chi connectivity index (χ1) is 9.76. The zero-order valence-electron chi connectivity index (χ0n) is 11.5. The lowest BCUT2D eigenvalue weighted by atomic mass is 10.0. The molecule has 0 N–H and O–H groups in total. The van der Waals surface area contributed by atoms with Crippen LogP contribution in [0.4, 0.5) is 0 Å². The number of rotatable bonds is 6. The summed E-state index contributed by atoms with van der Waals surface area (Å²) >= 11 is 0. The highest BCUT2D eigenvalue weighted by Crippen LogP contribution is 2.26. The quantitative estimate of drug-likeness (QED) is 0.599. The van der Waals surface area contributed by atoms with Crippen LogP contribution in [0.3, 0.4) is 0 Å². The second-order valence-electron chi connectivity index (χ2n) is 4.11. The van der Waals surface area contributed by atoms with Crippen molar-refractivity contribution < 1.29 is 19.0 Å². The zero-order chi connectivity index (χ0) is 14.4. The first-order valence-corrected chi connectivity index (χ1v) is 6.15. The maximum absolute atomic E-state index is 12.5. The Kier molecular flexibility index (Phi) is 4.74. The van der Waals surface area contributed by atoms with Crippen LogP contribution in [0.15, 0.2) is 48.5 Å². The molecule has 0 unspecified atom stereocenters. The first kappa shape index (κ1) is 14.1. The van der Waals surface area contributed by atoms with Crippen molar-refractivity contribution in [1.82, 2.24) is 0 Å². The summed E-state index contributed by atoms with van der Waals surface area (Å²) < 4.78 is 15.5. The topological polar surface area (TPSA) is 44.8 Å². The molecule has 0 spiro atoms. The van der Waals surface area contributed by atoms with Gasteiger partial charge in [0.1, 0.15) is 11.5 Å². The van der Waals surface area contributed by atoms with E-state index < -0.39 is 0 Å². The third-order valence-electron chi connectivity index (χ3n) is 2.80. The molecule has 0 amide bonds. The van der Waals surface area contributed by atoms with Gasteiger partial charge in [0.25, 0.3) is 0 Å². The fourth-order valence-corrected chi connectivity index (χ4v) is 1.81. The van der Waals surface area contributed by atoms with Gasteiger partial charge in [-0.2, -0.15) is 0 Å². The summed E-state index contributed by atoms with van der Waals surface area (Å²) in [5, 5.41) is 0. The summed E-state index contributed by atoms with van der Waals surface area (Å²) in [6.07, 6.45) is 0. The van der Waals surface area contributed by atoms with Crippen LogP contribution >= 0.6 is 0 Å². The molecular weight excluding hydrogens is 256 g/mol. The third kappa shape index (κ3) is 3.16. The van der Waals surface area contributed by atoms with Crippen molar-refractivity contribution in [2.24, 2.45) is 0 Å². The lowest BCUT2D eigenvalue weighted by Gasteiger charge is -2.11. The number of ether oxygens (including phenoxy) is 3. The minimum absolute atomic E-state index is 0.0847. The number of ketones is 1. The van der Waals surface area contributed by atoms with E-state index in [-0.39, 0.29) is 12.6 Å². The molecule has 0 aliphatic heterocycles. The highest BCUT2D eigenvalue weighted by Gasteiger charge is 2.15. The number of methoxy groups -OCH3 is 2. The van der Waals surface area contributed by atoms with Gasteiger partial charge in [-0.3, -0.25) is 4.79 Å². The molecule has 0 aromatic heterocycles. The van der Waals surface area contributed by atoms with Crippen LogP contribution in [0, 0.1) is 0 Å². The van der Waals surface area contributed by atoms with Crippen molar-refractivity contribution in [3.05, 3.63) is 59.7 Å². The van der Waals surface area contributed by atoms with E-state index in [0.717, 1.165) is 0 Å². The van der Waals surface area contributed by atoms with E-state index in [1.54, 1.807) is 37.4 Å². The van der Waals surface area contributed by atoms with Gasteiger partial charge >= 0.3 is 0 Å². The number of benzene rings is 2. The van der Waals surface area contributed by atoms with Crippen molar-refractivity contribution in [2.45, 2.75) is 0 Å². The lowest BCUT2D eigenvalue weighted by Crippen LogP contribution is -2.07. The molecule has 2 aromatic rings. The maximum atomic E-state index is 12.5. The molecule has 0 saturated carbocycles.